The summed E-state index contributed by atoms with van der Waals surface area (Å²) in [5.74, 6) is 0.160. The Kier molecular flexibility index (Phi) is 3.45. The molecule has 0 aliphatic carbocycles. The van der Waals surface area contributed by atoms with E-state index in [0.29, 0.717) is 24.7 Å². The lowest BCUT2D eigenvalue weighted by Gasteiger charge is -2.03. The maximum absolute atomic E-state index is 13.0. The van der Waals surface area contributed by atoms with Gasteiger partial charge in [-0.15, -0.1) is 5.10 Å². The molecule has 0 unspecified atom stereocenters. The largest absolute Gasteiger partial charge is 0.408 e. The molecule has 0 saturated heterocycles. The van der Waals surface area contributed by atoms with Gasteiger partial charge in [0.25, 0.3) is 0 Å². The number of benzene rings is 1. The van der Waals surface area contributed by atoms with Gasteiger partial charge in [-0.25, -0.2) is 4.39 Å². The first-order valence-corrected chi connectivity index (χ1v) is 5.60. The van der Waals surface area contributed by atoms with Gasteiger partial charge in [-0.2, -0.15) is 0 Å². The van der Waals surface area contributed by atoms with Crippen molar-refractivity contribution in [1.29, 1.82) is 0 Å². The van der Waals surface area contributed by atoms with Gasteiger partial charge in [0.2, 0.25) is 5.89 Å². The van der Waals surface area contributed by atoms with Gasteiger partial charge in [-0.3, -0.25) is 0 Å². The monoisotopic (exact) mass is 250 g/mol. The number of halogens is 1. The predicted octanol–water partition coefficient (Wildman–Crippen LogP) is 1.64. The number of rotatable bonds is 4. The molecule has 0 atom stereocenters. The summed E-state index contributed by atoms with van der Waals surface area (Å²) in [7, 11) is 3.66. The standard InChI is InChI=1S/C12H15FN4O/c1-17(2)12-16-15-11(18-12)6-4-8-3-5-9(13)10(14)7-8/h3,5,7H,4,6,14H2,1-2H3. The van der Waals surface area contributed by atoms with E-state index in [1.807, 2.05) is 14.1 Å². The molecule has 1 aromatic carbocycles. The number of hydrogen-bond donors (Lipinski definition) is 1. The molecule has 0 fully saturated rings. The molecule has 0 aliphatic rings. The fraction of sp³-hybridized carbons (Fsp3) is 0.333. The summed E-state index contributed by atoms with van der Waals surface area (Å²) in [5, 5.41) is 7.81. The Morgan fingerprint density at radius 2 is 2.06 bits per heavy atom. The van der Waals surface area contributed by atoms with Crippen LogP contribution in [-0.2, 0) is 12.8 Å². The van der Waals surface area contributed by atoms with E-state index in [1.165, 1.54) is 6.07 Å². The molecule has 2 rings (SSSR count). The van der Waals surface area contributed by atoms with Crippen molar-refractivity contribution in [3.63, 3.8) is 0 Å². The highest BCUT2D eigenvalue weighted by molar-refractivity contribution is 5.42. The van der Waals surface area contributed by atoms with Gasteiger partial charge >= 0.3 is 6.01 Å². The molecular formula is C12H15FN4O. The van der Waals surface area contributed by atoms with E-state index in [4.69, 9.17) is 10.2 Å². The Balaban J connectivity index is 2.00. The Bertz CT molecular complexity index is 539. The minimum absolute atomic E-state index is 0.159. The van der Waals surface area contributed by atoms with Crippen LogP contribution in [0.25, 0.3) is 0 Å². The van der Waals surface area contributed by atoms with Crippen molar-refractivity contribution >= 4 is 11.7 Å². The highest BCUT2D eigenvalue weighted by Crippen LogP contribution is 2.15. The normalized spacial score (nSPS) is 10.6. The predicted molar refractivity (Wildman–Crippen MR) is 66.8 cm³/mol. The van der Waals surface area contributed by atoms with E-state index in [9.17, 15) is 4.39 Å². The van der Waals surface area contributed by atoms with Crippen LogP contribution in [0.4, 0.5) is 16.1 Å². The summed E-state index contributed by atoms with van der Waals surface area (Å²) in [6.07, 6.45) is 1.28. The van der Waals surface area contributed by atoms with E-state index in [-0.39, 0.29) is 5.69 Å². The molecule has 0 spiro atoms. The number of hydrogen-bond acceptors (Lipinski definition) is 5. The van der Waals surface area contributed by atoms with Crippen molar-refractivity contribution in [3.8, 4) is 0 Å². The van der Waals surface area contributed by atoms with Crippen LogP contribution < -0.4 is 10.6 Å². The number of nitrogens with zero attached hydrogens (tertiary/aromatic N) is 3. The molecule has 18 heavy (non-hydrogen) atoms. The minimum Gasteiger partial charge on any atom is -0.408 e. The summed E-state index contributed by atoms with van der Waals surface area (Å²) in [6, 6.07) is 5.17. The Hall–Kier alpha value is -2.11. The third-order valence-electron chi connectivity index (χ3n) is 2.53. The second kappa shape index (κ2) is 5.03. The fourth-order valence-electron chi connectivity index (χ4n) is 1.53. The van der Waals surface area contributed by atoms with E-state index in [2.05, 4.69) is 10.2 Å². The van der Waals surface area contributed by atoms with Crippen LogP contribution in [0.2, 0.25) is 0 Å². The summed E-state index contributed by atoms with van der Waals surface area (Å²) in [6.45, 7) is 0. The molecule has 0 bridgehead atoms. The van der Waals surface area contributed by atoms with E-state index < -0.39 is 5.82 Å². The molecular weight excluding hydrogens is 235 g/mol. The van der Waals surface area contributed by atoms with Gasteiger partial charge in [0.15, 0.2) is 0 Å². The van der Waals surface area contributed by atoms with Crippen LogP contribution in [-0.4, -0.2) is 24.3 Å². The highest BCUT2D eigenvalue weighted by atomic mass is 19.1. The molecule has 2 N–H and O–H groups in total. The maximum atomic E-state index is 13.0. The van der Waals surface area contributed by atoms with Gasteiger partial charge in [0.05, 0.1) is 5.69 Å². The molecule has 2 aromatic rings. The SMILES string of the molecule is CN(C)c1nnc(CCc2ccc(F)c(N)c2)o1. The number of nitrogen functional groups attached to an aromatic ring is 1. The topological polar surface area (TPSA) is 68.2 Å². The van der Waals surface area contributed by atoms with Gasteiger partial charge in [-0.1, -0.05) is 11.2 Å². The van der Waals surface area contributed by atoms with Crippen LogP contribution in [0.15, 0.2) is 22.6 Å². The molecule has 0 aliphatic heterocycles. The van der Waals surface area contributed by atoms with E-state index >= 15 is 0 Å². The average molecular weight is 250 g/mol. The number of anilines is 2. The quantitative estimate of drug-likeness (QED) is 0.835. The van der Waals surface area contributed by atoms with Crippen molar-refractivity contribution in [2.45, 2.75) is 12.8 Å². The fourth-order valence-corrected chi connectivity index (χ4v) is 1.53. The zero-order chi connectivity index (χ0) is 13.1. The number of nitrogens with two attached hydrogens (primary N) is 1. The first-order chi connectivity index (χ1) is 8.56. The molecule has 1 aromatic heterocycles. The van der Waals surface area contributed by atoms with Crippen molar-refractivity contribution in [3.05, 3.63) is 35.5 Å². The average Bonchev–Trinajstić information content (AvgIpc) is 2.79. The van der Waals surface area contributed by atoms with Crippen molar-refractivity contribution < 1.29 is 8.81 Å². The molecule has 96 valence electrons. The molecule has 1 heterocycles. The zero-order valence-corrected chi connectivity index (χ0v) is 10.4. The number of aromatic nitrogens is 2. The minimum atomic E-state index is -0.397. The van der Waals surface area contributed by atoms with Crippen LogP contribution >= 0.6 is 0 Å². The van der Waals surface area contributed by atoms with Gasteiger partial charge < -0.3 is 15.1 Å². The first kappa shape index (κ1) is 12.3. The molecule has 5 nitrogen and oxygen atoms in total. The summed E-state index contributed by atoms with van der Waals surface area (Å²) >= 11 is 0. The lowest BCUT2D eigenvalue weighted by atomic mass is 10.1. The lowest BCUT2D eigenvalue weighted by molar-refractivity contribution is 0.494. The Labute approximate surface area is 104 Å². The maximum Gasteiger partial charge on any atom is 0.317 e. The van der Waals surface area contributed by atoms with Gasteiger partial charge in [0, 0.05) is 20.5 Å². The second-order valence-electron chi connectivity index (χ2n) is 4.23. The van der Waals surface area contributed by atoms with Gasteiger partial charge in [0.1, 0.15) is 5.82 Å². The van der Waals surface area contributed by atoms with E-state index in [1.54, 1.807) is 17.0 Å². The smallest absolute Gasteiger partial charge is 0.317 e. The van der Waals surface area contributed by atoms with Crippen LogP contribution in [0.1, 0.15) is 11.5 Å². The molecule has 0 radical (unpaired) electrons. The highest BCUT2D eigenvalue weighted by Gasteiger charge is 2.08. The molecule has 6 heteroatoms. The van der Waals surface area contributed by atoms with Crippen LogP contribution in [0.3, 0.4) is 0 Å². The number of aryl methyl sites for hydroxylation is 2. The third-order valence-corrected chi connectivity index (χ3v) is 2.53. The third kappa shape index (κ3) is 2.77. The van der Waals surface area contributed by atoms with Crippen molar-refractivity contribution in [2.75, 3.05) is 24.7 Å². The Morgan fingerprint density at radius 1 is 1.28 bits per heavy atom. The van der Waals surface area contributed by atoms with Gasteiger partial charge in [-0.05, 0) is 24.1 Å². The summed E-state index contributed by atoms with van der Waals surface area (Å²) in [4.78, 5) is 1.74. The molecule has 0 amide bonds. The second-order valence-corrected chi connectivity index (χ2v) is 4.23. The first-order valence-electron chi connectivity index (χ1n) is 5.60. The Morgan fingerprint density at radius 3 is 2.67 bits per heavy atom. The zero-order valence-electron chi connectivity index (χ0n) is 10.4. The van der Waals surface area contributed by atoms with E-state index in [0.717, 1.165) is 5.56 Å². The van der Waals surface area contributed by atoms with Crippen LogP contribution in [0, 0.1) is 5.82 Å². The molecule has 0 saturated carbocycles. The van der Waals surface area contributed by atoms with Crippen molar-refractivity contribution in [1.82, 2.24) is 10.2 Å². The van der Waals surface area contributed by atoms with Crippen LogP contribution in [0.5, 0.6) is 0 Å². The van der Waals surface area contributed by atoms with Crippen molar-refractivity contribution in [2.24, 2.45) is 0 Å². The lowest BCUT2D eigenvalue weighted by Crippen LogP contribution is -2.08. The summed E-state index contributed by atoms with van der Waals surface area (Å²) < 4.78 is 18.4. The summed E-state index contributed by atoms with van der Waals surface area (Å²) in [5.41, 5.74) is 6.60.